The van der Waals surface area contributed by atoms with E-state index in [0.29, 0.717) is 0 Å². The molecule has 0 aromatic heterocycles. The SMILES string of the molecule is C=C(C)C(=O)OC1=CC2OC(=O)C(C(=O)OCCS(=O)(=O)[O-])=CC2C=C1. The molecule has 1 heterocycles. The maximum Gasteiger partial charge on any atom is 0.345 e. The van der Waals surface area contributed by atoms with Gasteiger partial charge in [0.05, 0.1) is 15.9 Å². The van der Waals surface area contributed by atoms with Crippen LogP contribution in [-0.2, 0) is 38.7 Å². The lowest BCUT2D eigenvalue weighted by Crippen LogP contribution is -2.34. The van der Waals surface area contributed by atoms with Gasteiger partial charge in [-0.3, -0.25) is 0 Å². The van der Waals surface area contributed by atoms with Crippen LogP contribution in [0.1, 0.15) is 6.92 Å². The summed E-state index contributed by atoms with van der Waals surface area (Å²) < 4.78 is 46.2. The van der Waals surface area contributed by atoms with E-state index in [-0.39, 0.29) is 11.3 Å². The zero-order valence-corrected chi connectivity index (χ0v) is 14.5. The summed E-state index contributed by atoms with van der Waals surface area (Å²) in [5, 5.41) is 0. The molecule has 0 N–H and O–H groups in total. The summed E-state index contributed by atoms with van der Waals surface area (Å²) in [6.45, 7) is 4.27. The van der Waals surface area contributed by atoms with E-state index in [1.54, 1.807) is 6.08 Å². The van der Waals surface area contributed by atoms with E-state index in [9.17, 15) is 27.4 Å². The molecule has 0 spiro atoms. The predicted octanol–water partition coefficient (Wildman–Crippen LogP) is 0.116. The number of fused-ring (bicyclic) bond motifs is 1. The van der Waals surface area contributed by atoms with Gasteiger partial charge in [-0.1, -0.05) is 18.7 Å². The monoisotopic (exact) mass is 383 g/mol. The predicted molar refractivity (Wildman–Crippen MR) is 85.1 cm³/mol. The van der Waals surface area contributed by atoms with Crippen molar-refractivity contribution in [3.05, 3.63) is 47.8 Å². The zero-order chi connectivity index (χ0) is 19.5. The van der Waals surface area contributed by atoms with E-state index < -0.39 is 58.0 Å². The number of esters is 3. The van der Waals surface area contributed by atoms with Crippen molar-refractivity contribution >= 4 is 28.0 Å². The van der Waals surface area contributed by atoms with Crippen LogP contribution in [0.3, 0.4) is 0 Å². The Bertz CT molecular complexity index is 845. The molecule has 0 radical (unpaired) electrons. The summed E-state index contributed by atoms with van der Waals surface area (Å²) in [5.41, 5.74) is -0.206. The summed E-state index contributed by atoms with van der Waals surface area (Å²) in [6, 6.07) is 0. The van der Waals surface area contributed by atoms with Crippen molar-refractivity contribution in [1.29, 1.82) is 0 Å². The smallest absolute Gasteiger partial charge is 0.345 e. The van der Waals surface area contributed by atoms with Gasteiger partial charge in [-0.2, -0.15) is 0 Å². The second kappa shape index (κ2) is 7.67. The highest BCUT2D eigenvalue weighted by Crippen LogP contribution is 2.28. The van der Waals surface area contributed by atoms with Gasteiger partial charge in [0.25, 0.3) is 0 Å². The largest absolute Gasteiger partial charge is 0.748 e. The van der Waals surface area contributed by atoms with E-state index in [4.69, 9.17) is 9.47 Å². The maximum absolute atomic E-state index is 11.9. The van der Waals surface area contributed by atoms with Gasteiger partial charge in [0.1, 0.15) is 24.0 Å². The minimum Gasteiger partial charge on any atom is -0.748 e. The van der Waals surface area contributed by atoms with Gasteiger partial charge >= 0.3 is 17.9 Å². The number of ether oxygens (including phenoxy) is 3. The number of allylic oxidation sites excluding steroid dienone is 1. The quantitative estimate of drug-likeness (QED) is 0.206. The van der Waals surface area contributed by atoms with Crippen LogP contribution in [0.4, 0.5) is 0 Å². The summed E-state index contributed by atoms with van der Waals surface area (Å²) >= 11 is 0. The van der Waals surface area contributed by atoms with Crippen molar-refractivity contribution in [3.63, 3.8) is 0 Å². The third kappa shape index (κ3) is 5.14. The Kier molecular flexibility index (Phi) is 5.78. The molecule has 0 saturated carbocycles. The van der Waals surface area contributed by atoms with Gasteiger partial charge in [-0.25, -0.2) is 22.8 Å². The highest BCUT2D eigenvalue weighted by Gasteiger charge is 2.35. The number of carbonyl (C=O) groups excluding carboxylic acids is 3. The minimum atomic E-state index is -4.53. The molecule has 1 aliphatic heterocycles. The third-order valence-corrected chi connectivity index (χ3v) is 4.02. The molecular formula is C16H15O9S-. The molecule has 10 heteroatoms. The Balaban J connectivity index is 2.05. The lowest BCUT2D eigenvalue weighted by atomic mass is 9.92. The first kappa shape index (κ1) is 19.6. The molecule has 2 atom stereocenters. The van der Waals surface area contributed by atoms with Crippen molar-refractivity contribution in [2.24, 2.45) is 5.92 Å². The zero-order valence-electron chi connectivity index (χ0n) is 13.7. The average molecular weight is 383 g/mol. The molecule has 0 aromatic rings. The van der Waals surface area contributed by atoms with Gasteiger partial charge < -0.3 is 18.8 Å². The third-order valence-electron chi connectivity index (χ3n) is 3.36. The van der Waals surface area contributed by atoms with Crippen molar-refractivity contribution in [2.45, 2.75) is 13.0 Å². The second-order valence-corrected chi connectivity index (χ2v) is 7.05. The maximum atomic E-state index is 11.9. The first-order valence-electron chi connectivity index (χ1n) is 7.38. The van der Waals surface area contributed by atoms with Crippen LogP contribution in [0, 0.1) is 5.92 Å². The van der Waals surface area contributed by atoms with Gasteiger partial charge in [0.2, 0.25) is 0 Å². The van der Waals surface area contributed by atoms with Crippen LogP contribution >= 0.6 is 0 Å². The summed E-state index contributed by atoms with van der Waals surface area (Å²) in [7, 11) is -4.53. The first-order chi connectivity index (χ1) is 12.1. The Morgan fingerprint density at radius 3 is 2.65 bits per heavy atom. The number of hydrogen-bond acceptors (Lipinski definition) is 9. The Labute approximate surface area is 149 Å². The molecule has 1 aliphatic carbocycles. The Morgan fingerprint density at radius 1 is 1.35 bits per heavy atom. The van der Waals surface area contributed by atoms with Crippen LogP contribution in [0.15, 0.2) is 47.8 Å². The van der Waals surface area contributed by atoms with Gasteiger partial charge in [-0.15, -0.1) is 0 Å². The van der Waals surface area contributed by atoms with Crippen LogP contribution in [0.25, 0.3) is 0 Å². The molecule has 9 nitrogen and oxygen atoms in total. The molecule has 0 aromatic carbocycles. The molecular weight excluding hydrogens is 368 g/mol. The number of rotatable bonds is 6. The van der Waals surface area contributed by atoms with Gasteiger partial charge in [0, 0.05) is 11.5 Å². The van der Waals surface area contributed by atoms with E-state index in [0.717, 1.165) is 0 Å². The lowest BCUT2D eigenvalue weighted by Gasteiger charge is -2.28. The van der Waals surface area contributed by atoms with Gasteiger partial charge in [-0.05, 0) is 19.1 Å². The molecule has 0 fully saturated rings. The van der Waals surface area contributed by atoms with Crippen molar-refractivity contribution < 1.29 is 41.6 Å². The van der Waals surface area contributed by atoms with E-state index >= 15 is 0 Å². The molecule has 0 saturated heterocycles. The second-order valence-electron chi connectivity index (χ2n) is 5.52. The molecule has 26 heavy (non-hydrogen) atoms. The van der Waals surface area contributed by atoms with E-state index in [1.807, 2.05) is 0 Å². The van der Waals surface area contributed by atoms with Crippen LogP contribution in [0.2, 0.25) is 0 Å². The fraction of sp³-hybridized carbons (Fsp3) is 0.312. The highest BCUT2D eigenvalue weighted by molar-refractivity contribution is 7.85. The summed E-state index contributed by atoms with van der Waals surface area (Å²) in [4.78, 5) is 35.3. The Morgan fingerprint density at radius 2 is 2.04 bits per heavy atom. The van der Waals surface area contributed by atoms with Crippen LogP contribution < -0.4 is 0 Å². The minimum absolute atomic E-state index is 0.173. The van der Waals surface area contributed by atoms with Crippen molar-refractivity contribution in [3.8, 4) is 0 Å². The molecule has 140 valence electrons. The molecule has 2 aliphatic rings. The van der Waals surface area contributed by atoms with E-state index in [2.05, 4.69) is 11.3 Å². The topological polar surface area (TPSA) is 136 Å². The van der Waals surface area contributed by atoms with Crippen LogP contribution in [0.5, 0.6) is 0 Å². The molecule has 2 unspecified atom stereocenters. The normalized spacial score (nSPS) is 21.7. The molecule has 0 bridgehead atoms. The fourth-order valence-corrected chi connectivity index (χ4v) is 2.37. The Hall–Kier alpha value is -2.72. The summed E-state index contributed by atoms with van der Waals surface area (Å²) in [6.07, 6.45) is 4.97. The number of hydrogen-bond donors (Lipinski definition) is 0. The average Bonchev–Trinajstić information content (AvgIpc) is 2.52. The highest BCUT2D eigenvalue weighted by atomic mass is 32.2. The van der Waals surface area contributed by atoms with Crippen molar-refractivity contribution in [2.75, 3.05) is 12.4 Å². The fourth-order valence-electron chi connectivity index (χ4n) is 2.08. The first-order valence-corrected chi connectivity index (χ1v) is 8.96. The molecule has 2 rings (SSSR count). The van der Waals surface area contributed by atoms with E-state index in [1.165, 1.54) is 25.2 Å². The lowest BCUT2D eigenvalue weighted by molar-refractivity contribution is -0.150. The summed E-state index contributed by atoms with van der Waals surface area (Å²) in [5.74, 6) is -3.91. The van der Waals surface area contributed by atoms with Crippen molar-refractivity contribution in [1.82, 2.24) is 0 Å². The van der Waals surface area contributed by atoms with Crippen LogP contribution in [-0.4, -0.2) is 49.3 Å². The van der Waals surface area contributed by atoms with Gasteiger partial charge in [0.15, 0.2) is 0 Å². The standard InChI is InChI=1S/C16H16O9S/c1-9(2)14(17)24-11-4-3-10-7-12(16(19)25-13(10)8-11)15(18)23-5-6-26(20,21)22/h3-4,7-8,10,13H,1,5-6H2,2H3,(H,20,21,22)/p-1. The molecule has 0 amide bonds. The number of carbonyl (C=O) groups is 3.